The highest BCUT2D eigenvalue weighted by molar-refractivity contribution is 14.0. The zero-order chi connectivity index (χ0) is 14.4. The third-order valence-corrected chi connectivity index (χ3v) is 3.15. The molecular formula is C16H21IN2O2. The summed E-state index contributed by atoms with van der Waals surface area (Å²) in [5, 5.41) is 12.8. The van der Waals surface area contributed by atoms with Gasteiger partial charge in [-0.15, -0.1) is 24.0 Å². The van der Waals surface area contributed by atoms with Crippen molar-refractivity contribution in [2.45, 2.75) is 33.2 Å². The molecule has 2 aromatic rings. The second-order valence-corrected chi connectivity index (χ2v) is 4.59. The van der Waals surface area contributed by atoms with E-state index in [1.165, 1.54) is 0 Å². The molecule has 0 aliphatic heterocycles. The van der Waals surface area contributed by atoms with Gasteiger partial charge in [0.25, 0.3) is 0 Å². The van der Waals surface area contributed by atoms with Crippen LogP contribution in [-0.2, 0) is 6.54 Å². The van der Waals surface area contributed by atoms with E-state index in [0.29, 0.717) is 12.3 Å². The van der Waals surface area contributed by atoms with Crippen molar-refractivity contribution in [3.05, 3.63) is 36.5 Å². The highest BCUT2D eigenvalue weighted by Gasteiger charge is 2.09. The van der Waals surface area contributed by atoms with Crippen LogP contribution in [0.1, 0.15) is 26.7 Å². The summed E-state index contributed by atoms with van der Waals surface area (Å²) in [6.45, 7) is 5.46. The molecule has 0 atom stereocenters. The van der Waals surface area contributed by atoms with Crippen LogP contribution >= 0.6 is 24.0 Å². The van der Waals surface area contributed by atoms with Gasteiger partial charge in [0.15, 0.2) is 6.20 Å². The lowest BCUT2D eigenvalue weighted by Gasteiger charge is -2.15. The Bertz CT molecular complexity index is 609. The molecule has 5 heteroatoms. The van der Waals surface area contributed by atoms with E-state index in [4.69, 9.17) is 4.74 Å². The lowest BCUT2D eigenvalue weighted by atomic mass is 10.2. The molecule has 0 saturated carbocycles. The molecule has 1 aromatic carbocycles. The summed E-state index contributed by atoms with van der Waals surface area (Å²) in [6.07, 6.45) is 3.38. The van der Waals surface area contributed by atoms with Gasteiger partial charge in [-0.05, 0) is 31.5 Å². The largest absolute Gasteiger partial charge is 0.560 e. The maximum Gasteiger partial charge on any atom is 0.226 e. The molecule has 0 spiro atoms. The van der Waals surface area contributed by atoms with Crippen molar-refractivity contribution in [3.8, 4) is 5.75 Å². The smallest absolute Gasteiger partial charge is 0.226 e. The van der Waals surface area contributed by atoms with Gasteiger partial charge in [-0.2, -0.15) is 4.57 Å². The summed E-state index contributed by atoms with van der Waals surface area (Å²) in [6, 6.07) is 9.70. The zero-order valence-electron chi connectivity index (χ0n) is 12.4. The molecular weight excluding hydrogens is 379 g/mol. The molecule has 0 amide bonds. The molecule has 0 unspecified atom stereocenters. The number of aryl methyl sites for hydroxylation is 1. The summed E-state index contributed by atoms with van der Waals surface area (Å²) >= 11 is 0. The highest BCUT2D eigenvalue weighted by Crippen LogP contribution is 2.21. The fraction of sp³-hybridized carbons (Fsp3) is 0.375. The summed E-state index contributed by atoms with van der Waals surface area (Å²) in [5.74, 6) is 0.565. The number of fused-ring (bicyclic) bond motifs is 1. The van der Waals surface area contributed by atoms with E-state index < -0.39 is 6.08 Å². The van der Waals surface area contributed by atoms with Gasteiger partial charge in [0.1, 0.15) is 12.6 Å². The molecule has 0 aliphatic rings. The standard InChI is InChI=1S/C16H20N2O2.HI/c1-3-5-11-17-16(19)20-14-10-6-8-13-9-7-12-18(4-2)15(13)14;/h6-10,12H,3-5,11H2,1-2H3;1H. The van der Waals surface area contributed by atoms with Gasteiger partial charge in [-0.25, -0.2) is 0 Å². The SMILES string of the molecule is CCCCN=C([O-])Oc1cccc2ccc[n+](CC)c12.I. The Kier molecular flexibility index (Phi) is 7.42. The minimum atomic E-state index is -0.516. The highest BCUT2D eigenvalue weighted by atomic mass is 127. The van der Waals surface area contributed by atoms with E-state index in [1.54, 1.807) is 0 Å². The topological polar surface area (TPSA) is 48.5 Å². The molecule has 0 aliphatic carbocycles. The zero-order valence-corrected chi connectivity index (χ0v) is 14.7. The van der Waals surface area contributed by atoms with Gasteiger partial charge in [0.2, 0.25) is 5.52 Å². The number of hydrogen-bond donors (Lipinski definition) is 0. The van der Waals surface area contributed by atoms with Gasteiger partial charge in [0.05, 0.1) is 5.75 Å². The first-order valence-electron chi connectivity index (χ1n) is 7.06. The van der Waals surface area contributed by atoms with Crippen molar-refractivity contribution in [1.29, 1.82) is 0 Å². The van der Waals surface area contributed by atoms with Crippen LogP contribution in [0.25, 0.3) is 10.9 Å². The van der Waals surface area contributed by atoms with Crippen LogP contribution in [0.5, 0.6) is 5.75 Å². The molecule has 0 radical (unpaired) electrons. The molecule has 114 valence electrons. The fourth-order valence-corrected chi connectivity index (χ4v) is 2.11. The maximum atomic E-state index is 11.7. The van der Waals surface area contributed by atoms with Crippen LogP contribution in [0.15, 0.2) is 41.5 Å². The second-order valence-electron chi connectivity index (χ2n) is 4.59. The number of ether oxygens (including phenoxy) is 1. The van der Waals surface area contributed by atoms with Gasteiger partial charge in [0, 0.05) is 18.0 Å². The molecule has 1 aromatic heterocycles. The molecule has 0 saturated heterocycles. The summed E-state index contributed by atoms with van der Waals surface area (Å²) in [4.78, 5) is 3.90. The number of rotatable bonds is 5. The fourth-order valence-electron chi connectivity index (χ4n) is 2.11. The Labute approximate surface area is 142 Å². The number of benzene rings is 1. The van der Waals surface area contributed by atoms with Crippen molar-refractivity contribution in [3.63, 3.8) is 0 Å². The van der Waals surface area contributed by atoms with Crippen LogP contribution in [0.4, 0.5) is 0 Å². The number of nitrogens with zero attached hydrogens (tertiary/aromatic N) is 2. The average molecular weight is 400 g/mol. The van der Waals surface area contributed by atoms with Crippen LogP contribution < -0.4 is 14.4 Å². The van der Waals surface area contributed by atoms with Gasteiger partial charge in [-0.1, -0.05) is 19.4 Å². The third-order valence-electron chi connectivity index (χ3n) is 3.15. The van der Waals surface area contributed by atoms with Gasteiger partial charge < -0.3 is 9.84 Å². The monoisotopic (exact) mass is 400 g/mol. The van der Waals surface area contributed by atoms with Crippen molar-refractivity contribution in [2.24, 2.45) is 4.99 Å². The van der Waals surface area contributed by atoms with Gasteiger partial charge in [-0.3, -0.25) is 4.99 Å². The number of para-hydroxylation sites is 1. The van der Waals surface area contributed by atoms with Crippen LogP contribution in [0, 0.1) is 0 Å². The predicted octanol–water partition coefficient (Wildman–Crippen LogP) is 2.66. The quantitative estimate of drug-likeness (QED) is 0.255. The van der Waals surface area contributed by atoms with Crippen LogP contribution in [0.2, 0.25) is 0 Å². The predicted molar refractivity (Wildman–Crippen MR) is 93.1 cm³/mol. The van der Waals surface area contributed by atoms with E-state index in [2.05, 4.69) is 23.4 Å². The Morgan fingerprint density at radius 2 is 2.00 bits per heavy atom. The Morgan fingerprint density at radius 1 is 1.24 bits per heavy atom. The van der Waals surface area contributed by atoms with E-state index in [9.17, 15) is 5.11 Å². The lowest BCUT2D eigenvalue weighted by molar-refractivity contribution is -0.668. The minimum absolute atomic E-state index is 0. The molecule has 21 heavy (non-hydrogen) atoms. The summed E-state index contributed by atoms with van der Waals surface area (Å²) in [7, 11) is 0. The van der Waals surface area contributed by atoms with E-state index >= 15 is 0 Å². The number of halogens is 1. The molecule has 1 heterocycles. The van der Waals surface area contributed by atoms with Crippen molar-refractivity contribution in [2.75, 3.05) is 6.54 Å². The summed E-state index contributed by atoms with van der Waals surface area (Å²) in [5.41, 5.74) is 0.927. The molecule has 4 nitrogen and oxygen atoms in total. The normalized spacial score (nSPS) is 11.2. The number of pyridine rings is 1. The Balaban J connectivity index is 0.00000220. The number of aliphatic imine (C=N–C) groups is 1. The van der Waals surface area contributed by atoms with E-state index in [-0.39, 0.29) is 24.0 Å². The molecule has 2 rings (SSSR count). The van der Waals surface area contributed by atoms with Crippen molar-refractivity contribution < 1.29 is 14.4 Å². The second kappa shape index (κ2) is 8.81. The summed E-state index contributed by atoms with van der Waals surface area (Å²) < 4.78 is 7.45. The maximum absolute atomic E-state index is 11.7. The Hall–Kier alpha value is -1.37. The van der Waals surface area contributed by atoms with Crippen LogP contribution in [0.3, 0.4) is 0 Å². The van der Waals surface area contributed by atoms with E-state index in [1.807, 2.05) is 36.5 Å². The van der Waals surface area contributed by atoms with Crippen molar-refractivity contribution >= 4 is 41.0 Å². The lowest BCUT2D eigenvalue weighted by Crippen LogP contribution is -2.34. The minimum Gasteiger partial charge on any atom is -0.560 e. The first-order chi connectivity index (χ1) is 9.76. The van der Waals surface area contributed by atoms with Crippen molar-refractivity contribution in [1.82, 2.24) is 0 Å². The molecule has 0 bridgehead atoms. The molecule has 0 N–H and O–H groups in total. The molecule has 0 fully saturated rings. The van der Waals surface area contributed by atoms with E-state index in [0.717, 1.165) is 30.3 Å². The number of unbranched alkanes of at least 4 members (excludes halogenated alkanes) is 1. The first-order valence-corrected chi connectivity index (χ1v) is 7.06. The van der Waals surface area contributed by atoms with Crippen LogP contribution in [-0.4, -0.2) is 12.6 Å². The Morgan fingerprint density at radius 3 is 2.71 bits per heavy atom. The average Bonchev–Trinajstić information content (AvgIpc) is 2.47. The third kappa shape index (κ3) is 4.56. The first kappa shape index (κ1) is 17.7. The number of aromatic nitrogens is 1. The number of hydrogen-bond acceptors (Lipinski definition) is 3. The van der Waals surface area contributed by atoms with Gasteiger partial charge >= 0.3 is 0 Å².